The van der Waals surface area contributed by atoms with Gasteiger partial charge in [-0.2, -0.15) is 0 Å². The van der Waals surface area contributed by atoms with Crippen LogP contribution in [0.1, 0.15) is 55.2 Å². The summed E-state index contributed by atoms with van der Waals surface area (Å²) in [6, 6.07) is 27.5. The Kier molecular flexibility index (Phi) is 6.52. The lowest BCUT2D eigenvalue weighted by molar-refractivity contribution is -0.144. The maximum atomic E-state index is 12.6. The van der Waals surface area contributed by atoms with Gasteiger partial charge in [0.15, 0.2) is 0 Å². The van der Waals surface area contributed by atoms with Gasteiger partial charge in [0.25, 0.3) is 0 Å². The van der Waals surface area contributed by atoms with Crippen LogP contribution in [0.25, 0.3) is 0 Å². The van der Waals surface area contributed by atoms with E-state index < -0.39 is 11.5 Å². The second kappa shape index (κ2) is 9.58. The van der Waals surface area contributed by atoms with Crippen molar-refractivity contribution in [2.45, 2.75) is 62.3 Å². The number of nitrogens with one attached hydrogen (secondary N) is 1. The van der Waals surface area contributed by atoms with Crippen molar-refractivity contribution in [2.75, 3.05) is 5.32 Å². The number of halogens is 1. The molecule has 0 saturated heterocycles. The highest BCUT2D eigenvalue weighted by molar-refractivity contribution is 9.10. The molecule has 1 saturated carbocycles. The molecule has 3 nitrogen and oxygen atoms in total. The standard InChI is InChI=1S/C30H32BrNO2/c31-25-13-7-14-26(21-25)32-30(28(33)34)18-16-29(17-19-30)24(20-23-11-4-5-15-27(23)29)12-6-10-22-8-2-1-3-9-22/h1-5,7-9,11,13-15,21,24,32H,6,10,12,16-20H2,(H,33,34)/t24-,29?,30?/m0/s1. The van der Waals surface area contributed by atoms with Crippen LogP contribution in [-0.2, 0) is 23.1 Å². The van der Waals surface area contributed by atoms with Gasteiger partial charge in [0.05, 0.1) is 0 Å². The predicted molar refractivity (Wildman–Crippen MR) is 141 cm³/mol. The van der Waals surface area contributed by atoms with E-state index in [1.54, 1.807) is 0 Å². The first kappa shape index (κ1) is 23.2. The maximum Gasteiger partial charge on any atom is 0.329 e. The number of rotatable bonds is 7. The van der Waals surface area contributed by atoms with E-state index in [0.717, 1.165) is 35.8 Å². The van der Waals surface area contributed by atoms with Crippen LogP contribution in [0, 0.1) is 5.92 Å². The molecule has 0 bridgehead atoms. The molecule has 34 heavy (non-hydrogen) atoms. The van der Waals surface area contributed by atoms with Crippen molar-refractivity contribution in [1.29, 1.82) is 0 Å². The Balaban J connectivity index is 1.36. The minimum atomic E-state index is -0.918. The summed E-state index contributed by atoms with van der Waals surface area (Å²) in [5.41, 5.74) is 4.37. The number of benzene rings is 3. The highest BCUT2D eigenvalue weighted by Crippen LogP contribution is 2.55. The van der Waals surface area contributed by atoms with Crippen molar-refractivity contribution in [3.8, 4) is 0 Å². The highest BCUT2D eigenvalue weighted by Gasteiger charge is 2.53. The Morgan fingerprint density at radius 1 is 0.941 bits per heavy atom. The molecular weight excluding hydrogens is 486 g/mol. The first-order chi connectivity index (χ1) is 16.5. The van der Waals surface area contributed by atoms with Crippen LogP contribution >= 0.6 is 15.9 Å². The molecule has 3 aromatic rings. The molecule has 3 aromatic carbocycles. The van der Waals surface area contributed by atoms with Crippen LogP contribution < -0.4 is 5.32 Å². The number of carboxylic acids is 1. The smallest absolute Gasteiger partial charge is 0.329 e. The summed E-state index contributed by atoms with van der Waals surface area (Å²) in [5, 5.41) is 13.7. The fourth-order valence-electron chi connectivity index (χ4n) is 6.48. The van der Waals surface area contributed by atoms with Crippen LogP contribution in [0.15, 0.2) is 83.3 Å². The van der Waals surface area contributed by atoms with Crippen molar-refractivity contribution in [2.24, 2.45) is 5.92 Å². The van der Waals surface area contributed by atoms with Gasteiger partial charge in [-0.05, 0) is 97.6 Å². The summed E-state index contributed by atoms with van der Waals surface area (Å²) in [6.45, 7) is 0. The third-order valence-corrected chi connectivity index (χ3v) is 8.77. The summed E-state index contributed by atoms with van der Waals surface area (Å²) < 4.78 is 0.952. The number of aliphatic carboxylic acids is 1. The van der Waals surface area contributed by atoms with Gasteiger partial charge in [-0.25, -0.2) is 4.79 Å². The molecule has 2 aliphatic rings. The molecule has 1 atom stereocenters. The lowest BCUT2D eigenvalue weighted by atomic mass is 9.60. The number of hydrogen-bond donors (Lipinski definition) is 2. The molecule has 2 N–H and O–H groups in total. The Hall–Kier alpha value is -2.59. The quantitative estimate of drug-likeness (QED) is 0.343. The molecule has 0 unspecified atom stereocenters. The lowest BCUT2D eigenvalue weighted by Crippen LogP contribution is -2.53. The van der Waals surface area contributed by atoms with E-state index in [9.17, 15) is 9.90 Å². The van der Waals surface area contributed by atoms with Crippen LogP contribution in [0.5, 0.6) is 0 Å². The number of anilines is 1. The predicted octanol–water partition coefficient (Wildman–Crippen LogP) is 7.39. The molecule has 0 aromatic heterocycles. The van der Waals surface area contributed by atoms with Crippen molar-refractivity contribution in [1.82, 2.24) is 0 Å². The summed E-state index contributed by atoms with van der Waals surface area (Å²) >= 11 is 3.51. The molecule has 0 heterocycles. The molecule has 1 fully saturated rings. The highest BCUT2D eigenvalue weighted by atomic mass is 79.9. The van der Waals surface area contributed by atoms with Gasteiger partial charge in [-0.15, -0.1) is 0 Å². The summed E-state index contributed by atoms with van der Waals surface area (Å²) in [6.07, 6.45) is 7.67. The minimum Gasteiger partial charge on any atom is -0.480 e. The largest absolute Gasteiger partial charge is 0.480 e. The first-order valence-corrected chi connectivity index (χ1v) is 13.2. The van der Waals surface area contributed by atoms with E-state index in [2.05, 4.69) is 75.8 Å². The Morgan fingerprint density at radius 2 is 1.68 bits per heavy atom. The van der Waals surface area contributed by atoms with Gasteiger partial charge in [0.1, 0.15) is 5.54 Å². The number of carbonyl (C=O) groups is 1. The normalized spacial score (nSPS) is 25.7. The zero-order chi connectivity index (χ0) is 23.6. The number of fused-ring (bicyclic) bond motifs is 2. The van der Waals surface area contributed by atoms with Crippen molar-refractivity contribution < 1.29 is 9.90 Å². The third kappa shape index (κ3) is 4.40. The van der Waals surface area contributed by atoms with Crippen LogP contribution in [0.3, 0.4) is 0 Å². The second-order valence-corrected chi connectivity index (χ2v) is 11.0. The summed E-state index contributed by atoms with van der Waals surface area (Å²) in [5.74, 6) is -0.166. The fourth-order valence-corrected chi connectivity index (χ4v) is 6.87. The number of carboxylic acid groups (broad SMARTS) is 1. The molecule has 0 radical (unpaired) electrons. The van der Waals surface area contributed by atoms with E-state index >= 15 is 0 Å². The van der Waals surface area contributed by atoms with E-state index in [-0.39, 0.29) is 5.41 Å². The zero-order valence-electron chi connectivity index (χ0n) is 19.5. The monoisotopic (exact) mass is 517 g/mol. The van der Waals surface area contributed by atoms with Gasteiger partial charge in [0.2, 0.25) is 0 Å². The summed E-state index contributed by atoms with van der Waals surface area (Å²) in [7, 11) is 0. The molecule has 176 valence electrons. The molecule has 4 heteroatoms. The van der Waals surface area contributed by atoms with Gasteiger partial charge >= 0.3 is 5.97 Å². The number of aryl methyl sites for hydroxylation is 1. The molecule has 1 spiro atoms. The average Bonchev–Trinajstić information content (AvgIpc) is 3.14. The maximum absolute atomic E-state index is 12.6. The van der Waals surface area contributed by atoms with Crippen molar-refractivity contribution in [3.63, 3.8) is 0 Å². The van der Waals surface area contributed by atoms with Gasteiger partial charge in [-0.1, -0.05) is 76.6 Å². The number of hydrogen-bond acceptors (Lipinski definition) is 2. The van der Waals surface area contributed by atoms with Crippen LogP contribution in [0.4, 0.5) is 5.69 Å². The Bertz CT molecular complexity index is 1150. The van der Waals surface area contributed by atoms with Crippen molar-refractivity contribution >= 4 is 27.6 Å². The van der Waals surface area contributed by atoms with Crippen LogP contribution in [0.2, 0.25) is 0 Å². The average molecular weight is 518 g/mol. The van der Waals surface area contributed by atoms with Crippen LogP contribution in [-0.4, -0.2) is 16.6 Å². The molecular formula is C30H32BrNO2. The minimum absolute atomic E-state index is 0.0885. The van der Waals surface area contributed by atoms with E-state index in [0.29, 0.717) is 18.8 Å². The molecule has 2 aliphatic carbocycles. The Labute approximate surface area is 210 Å². The lowest BCUT2D eigenvalue weighted by Gasteiger charge is -2.47. The molecule has 0 amide bonds. The summed E-state index contributed by atoms with van der Waals surface area (Å²) in [4.78, 5) is 12.6. The van der Waals surface area contributed by atoms with Gasteiger partial charge in [0, 0.05) is 10.2 Å². The second-order valence-electron chi connectivity index (χ2n) is 10.1. The van der Waals surface area contributed by atoms with Gasteiger partial charge in [-0.3, -0.25) is 0 Å². The first-order valence-electron chi connectivity index (χ1n) is 12.4. The van der Waals surface area contributed by atoms with Gasteiger partial charge < -0.3 is 10.4 Å². The fraction of sp³-hybridized carbons (Fsp3) is 0.367. The van der Waals surface area contributed by atoms with E-state index in [1.165, 1.54) is 29.5 Å². The van der Waals surface area contributed by atoms with E-state index in [4.69, 9.17) is 0 Å². The third-order valence-electron chi connectivity index (χ3n) is 8.28. The topological polar surface area (TPSA) is 49.3 Å². The molecule has 5 rings (SSSR count). The molecule has 0 aliphatic heterocycles. The Morgan fingerprint density at radius 3 is 2.41 bits per heavy atom. The zero-order valence-corrected chi connectivity index (χ0v) is 21.1. The van der Waals surface area contributed by atoms with Crippen molar-refractivity contribution in [3.05, 3.63) is 100 Å². The van der Waals surface area contributed by atoms with E-state index in [1.807, 2.05) is 24.3 Å². The SMILES string of the molecule is O=C(O)C1(Nc2cccc(Br)c2)CCC2(CC1)c1ccccc1C[C@@H]2CCCc1ccccc1.